The van der Waals surface area contributed by atoms with E-state index in [1.54, 1.807) is 4.68 Å². The summed E-state index contributed by atoms with van der Waals surface area (Å²) in [6.45, 7) is 2.94. The second-order valence-corrected chi connectivity index (χ2v) is 7.40. The van der Waals surface area contributed by atoms with E-state index in [0.717, 1.165) is 18.5 Å². The van der Waals surface area contributed by atoms with Crippen LogP contribution < -0.4 is 0 Å². The Balaban J connectivity index is 1.77. The maximum atomic E-state index is 13.0. The maximum Gasteiger partial charge on any atom is 0.306 e. The van der Waals surface area contributed by atoms with E-state index in [4.69, 9.17) is 0 Å². The average molecular weight is 333 g/mol. The first kappa shape index (κ1) is 17.0. The number of rotatable bonds is 3. The minimum absolute atomic E-state index is 0.0133. The van der Waals surface area contributed by atoms with Crippen LogP contribution in [0.15, 0.2) is 6.20 Å². The van der Waals surface area contributed by atoms with Crippen molar-refractivity contribution in [3.8, 4) is 0 Å². The van der Waals surface area contributed by atoms with Crippen LogP contribution in [-0.4, -0.2) is 44.8 Å². The summed E-state index contributed by atoms with van der Waals surface area (Å²) in [5.74, 6) is -0.720. The molecule has 1 saturated carbocycles. The van der Waals surface area contributed by atoms with Gasteiger partial charge in [0.2, 0.25) is 0 Å². The van der Waals surface area contributed by atoms with Crippen LogP contribution in [-0.2, 0) is 11.8 Å². The highest BCUT2D eigenvalue weighted by atomic mass is 16.4. The van der Waals surface area contributed by atoms with Crippen LogP contribution in [0.25, 0.3) is 0 Å². The summed E-state index contributed by atoms with van der Waals surface area (Å²) in [4.78, 5) is 26.1. The number of aliphatic carboxylic acids is 1. The number of hydrogen-bond acceptors (Lipinski definition) is 3. The molecule has 0 aromatic carbocycles. The number of carbonyl (C=O) groups excluding carboxylic acids is 1. The van der Waals surface area contributed by atoms with Gasteiger partial charge in [0.05, 0.1) is 17.2 Å². The molecule has 1 aliphatic heterocycles. The topological polar surface area (TPSA) is 75.4 Å². The van der Waals surface area contributed by atoms with Gasteiger partial charge in [0.25, 0.3) is 5.91 Å². The van der Waals surface area contributed by atoms with E-state index in [1.165, 1.54) is 19.3 Å². The zero-order chi connectivity index (χ0) is 17.3. The van der Waals surface area contributed by atoms with Gasteiger partial charge in [-0.05, 0) is 25.2 Å². The number of carboxylic acid groups (broad SMARTS) is 1. The molecule has 1 aromatic rings. The zero-order valence-electron chi connectivity index (χ0n) is 14.6. The first-order valence-electron chi connectivity index (χ1n) is 9.03. The van der Waals surface area contributed by atoms with E-state index in [1.807, 2.05) is 25.1 Å². The normalized spacial score (nSPS) is 25.7. The smallest absolute Gasteiger partial charge is 0.306 e. The number of amides is 1. The summed E-state index contributed by atoms with van der Waals surface area (Å²) in [5, 5.41) is 13.8. The summed E-state index contributed by atoms with van der Waals surface area (Å²) in [7, 11) is 1.86. The molecule has 6 heteroatoms. The molecule has 1 amide bonds. The zero-order valence-corrected chi connectivity index (χ0v) is 14.6. The molecule has 6 nitrogen and oxygen atoms in total. The first-order chi connectivity index (χ1) is 11.5. The van der Waals surface area contributed by atoms with Crippen molar-refractivity contribution < 1.29 is 14.7 Å². The molecule has 2 heterocycles. The molecule has 1 N–H and O–H groups in total. The van der Waals surface area contributed by atoms with Crippen molar-refractivity contribution >= 4 is 11.9 Å². The van der Waals surface area contributed by atoms with E-state index in [0.29, 0.717) is 31.0 Å². The number of carbonyl (C=O) groups is 2. The third-order valence-corrected chi connectivity index (χ3v) is 5.59. The van der Waals surface area contributed by atoms with Gasteiger partial charge in [-0.2, -0.15) is 5.10 Å². The molecule has 2 aliphatic rings. The van der Waals surface area contributed by atoms with Gasteiger partial charge in [0.15, 0.2) is 0 Å². The molecule has 0 radical (unpaired) electrons. The minimum atomic E-state index is -0.751. The molecular formula is C18H27N3O3. The fraction of sp³-hybridized carbons (Fsp3) is 0.722. The van der Waals surface area contributed by atoms with Crippen LogP contribution >= 0.6 is 0 Å². The Labute approximate surface area is 142 Å². The molecule has 0 bridgehead atoms. The van der Waals surface area contributed by atoms with Gasteiger partial charge in [-0.3, -0.25) is 14.3 Å². The van der Waals surface area contributed by atoms with Crippen molar-refractivity contribution in [1.82, 2.24) is 14.7 Å². The Morgan fingerprint density at radius 3 is 2.54 bits per heavy atom. The van der Waals surface area contributed by atoms with Crippen LogP contribution in [0.2, 0.25) is 0 Å². The lowest BCUT2D eigenvalue weighted by molar-refractivity contribution is -0.145. The fourth-order valence-corrected chi connectivity index (χ4v) is 4.22. The van der Waals surface area contributed by atoms with Crippen molar-refractivity contribution in [2.75, 3.05) is 13.1 Å². The molecule has 0 spiro atoms. The number of piperidine rings is 1. The van der Waals surface area contributed by atoms with E-state index in [9.17, 15) is 14.7 Å². The van der Waals surface area contributed by atoms with Crippen LogP contribution in [0.4, 0.5) is 0 Å². The molecule has 1 aromatic heterocycles. The van der Waals surface area contributed by atoms with Crippen molar-refractivity contribution in [2.24, 2.45) is 18.9 Å². The van der Waals surface area contributed by atoms with Crippen LogP contribution in [0, 0.1) is 11.8 Å². The predicted molar refractivity (Wildman–Crippen MR) is 89.8 cm³/mol. The number of aromatic nitrogens is 2. The van der Waals surface area contributed by atoms with Gasteiger partial charge in [-0.25, -0.2) is 0 Å². The molecule has 1 saturated heterocycles. The number of likely N-dealkylation sites (tertiary alicyclic amines) is 1. The second kappa shape index (κ2) is 6.95. The molecule has 132 valence electrons. The lowest BCUT2D eigenvalue weighted by Crippen LogP contribution is -2.45. The predicted octanol–water partition coefficient (Wildman–Crippen LogP) is 2.65. The van der Waals surface area contributed by atoms with Gasteiger partial charge >= 0.3 is 5.97 Å². The fourth-order valence-electron chi connectivity index (χ4n) is 4.22. The SMILES string of the molecule is CC1CN(C(=O)c2cn(C)nc2C2CCCCC2)CCC1C(=O)O. The van der Waals surface area contributed by atoms with Crippen molar-refractivity contribution in [2.45, 2.75) is 51.4 Å². The maximum absolute atomic E-state index is 13.0. The van der Waals surface area contributed by atoms with Gasteiger partial charge < -0.3 is 10.0 Å². The quantitative estimate of drug-likeness (QED) is 0.923. The Bertz CT molecular complexity index is 619. The number of aryl methyl sites for hydroxylation is 1. The second-order valence-electron chi connectivity index (χ2n) is 7.40. The summed E-state index contributed by atoms with van der Waals surface area (Å²) >= 11 is 0. The van der Waals surface area contributed by atoms with E-state index in [-0.39, 0.29) is 17.7 Å². The summed E-state index contributed by atoms with van der Waals surface area (Å²) < 4.78 is 1.74. The lowest BCUT2D eigenvalue weighted by atomic mass is 9.84. The van der Waals surface area contributed by atoms with Crippen molar-refractivity contribution in [3.63, 3.8) is 0 Å². The molecule has 2 atom stereocenters. The van der Waals surface area contributed by atoms with Crippen molar-refractivity contribution in [3.05, 3.63) is 17.5 Å². The summed E-state index contributed by atoms with van der Waals surface area (Å²) in [6.07, 6.45) is 8.25. The third kappa shape index (κ3) is 3.32. The molecule has 24 heavy (non-hydrogen) atoms. The molecule has 2 fully saturated rings. The highest BCUT2D eigenvalue weighted by Crippen LogP contribution is 2.34. The highest BCUT2D eigenvalue weighted by molar-refractivity contribution is 5.95. The summed E-state index contributed by atoms with van der Waals surface area (Å²) in [5.41, 5.74) is 1.65. The average Bonchev–Trinajstić information content (AvgIpc) is 2.96. The molecule has 3 rings (SSSR count). The van der Waals surface area contributed by atoms with Crippen LogP contribution in [0.1, 0.15) is 67.4 Å². The first-order valence-corrected chi connectivity index (χ1v) is 9.03. The largest absolute Gasteiger partial charge is 0.481 e. The van der Waals surface area contributed by atoms with Gasteiger partial charge in [0, 0.05) is 32.3 Å². The molecule has 1 aliphatic carbocycles. The van der Waals surface area contributed by atoms with E-state index in [2.05, 4.69) is 5.10 Å². The lowest BCUT2D eigenvalue weighted by Gasteiger charge is -2.35. The highest BCUT2D eigenvalue weighted by Gasteiger charge is 2.35. The number of hydrogen-bond donors (Lipinski definition) is 1. The molecule has 2 unspecified atom stereocenters. The Kier molecular flexibility index (Phi) is 4.92. The minimum Gasteiger partial charge on any atom is -0.481 e. The van der Waals surface area contributed by atoms with Crippen LogP contribution in [0.5, 0.6) is 0 Å². The standard InChI is InChI=1S/C18H27N3O3/c1-12-10-21(9-8-14(12)18(23)24)17(22)15-11-20(2)19-16(15)13-6-4-3-5-7-13/h11-14H,3-10H2,1-2H3,(H,23,24). The molecular weight excluding hydrogens is 306 g/mol. The van der Waals surface area contributed by atoms with Crippen molar-refractivity contribution in [1.29, 1.82) is 0 Å². The number of carboxylic acids is 1. The van der Waals surface area contributed by atoms with Gasteiger partial charge in [-0.1, -0.05) is 26.2 Å². The van der Waals surface area contributed by atoms with E-state index < -0.39 is 5.97 Å². The van der Waals surface area contributed by atoms with Gasteiger partial charge in [-0.15, -0.1) is 0 Å². The Hall–Kier alpha value is -1.85. The van der Waals surface area contributed by atoms with E-state index >= 15 is 0 Å². The number of nitrogens with zero attached hydrogens (tertiary/aromatic N) is 3. The Morgan fingerprint density at radius 2 is 1.92 bits per heavy atom. The summed E-state index contributed by atoms with van der Waals surface area (Å²) in [6, 6.07) is 0. The third-order valence-electron chi connectivity index (χ3n) is 5.59. The van der Waals surface area contributed by atoms with Gasteiger partial charge in [0.1, 0.15) is 0 Å². The Morgan fingerprint density at radius 1 is 1.21 bits per heavy atom. The monoisotopic (exact) mass is 333 g/mol. The van der Waals surface area contributed by atoms with Crippen LogP contribution in [0.3, 0.4) is 0 Å².